The highest BCUT2D eigenvalue weighted by atomic mass is 16.5. The zero-order valence-corrected chi connectivity index (χ0v) is 34.2. The summed E-state index contributed by atoms with van der Waals surface area (Å²) in [6.07, 6.45) is 5.98. The molecular formula is C44H68N4O6. The van der Waals surface area contributed by atoms with Crippen LogP contribution in [0.5, 0.6) is 17.2 Å². The number of carbonyl (C=O) groups is 2. The molecule has 300 valence electrons. The van der Waals surface area contributed by atoms with E-state index in [9.17, 15) is 19.8 Å². The molecule has 10 heteroatoms. The van der Waals surface area contributed by atoms with Gasteiger partial charge in [0.2, 0.25) is 0 Å². The molecule has 0 spiro atoms. The first-order valence-electron chi connectivity index (χ1n) is 19.4. The molecule has 1 unspecified atom stereocenters. The zero-order chi connectivity index (χ0) is 40.0. The van der Waals surface area contributed by atoms with Crippen molar-refractivity contribution in [2.75, 3.05) is 79.0 Å². The number of anilines is 1. The third-order valence-corrected chi connectivity index (χ3v) is 10.2. The van der Waals surface area contributed by atoms with Crippen LogP contribution in [-0.2, 0) is 26.2 Å². The Balaban J connectivity index is 0.000000317. The molecule has 4 rings (SSSR count). The molecule has 0 bridgehead atoms. The van der Waals surface area contributed by atoms with Crippen LogP contribution >= 0.6 is 0 Å². The Morgan fingerprint density at radius 2 is 1.59 bits per heavy atom. The number of phenolic OH excluding ortho intramolecular Hbond substituents is 2. The summed E-state index contributed by atoms with van der Waals surface area (Å²) in [7, 11) is 6.04. The predicted molar refractivity (Wildman–Crippen MR) is 221 cm³/mol. The van der Waals surface area contributed by atoms with Gasteiger partial charge >= 0.3 is 0 Å². The molecule has 1 heterocycles. The summed E-state index contributed by atoms with van der Waals surface area (Å²) in [4.78, 5) is 25.1. The number of benzene rings is 3. The van der Waals surface area contributed by atoms with Gasteiger partial charge in [-0.1, -0.05) is 82.3 Å². The van der Waals surface area contributed by atoms with Crippen LogP contribution in [0.15, 0.2) is 66.7 Å². The second kappa shape index (κ2) is 24.4. The number of nitrogens with zero attached hydrogens (tertiary/aromatic N) is 2. The Morgan fingerprint density at radius 3 is 2.19 bits per heavy atom. The number of aromatic hydroxyl groups is 2. The Morgan fingerprint density at radius 1 is 0.926 bits per heavy atom. The van der Waals surface area contributed by atoms with Crippen LogP contribution in [0.4, 0.5) is 5.69 Å². The second-order valence-corrected chi connectivity index (χ2v) is 15.0. The fourth-order valence-electron chi connectivity index (χ4n) is 6.52. The molecule has 1 saturated heterocycles. The van der Waals surface area contributed by atoms with Crippen LogP contribution in [0.25, 0.3) is 0 Å². The summed E-state index contributed by atoms with van der Waals surface area (Å²) >= 11 is 0. The molecule has 0 aromatic heterocycles. The summed E-state index contributed by atoms with van der Waals surface area (Å²) in [6.45, 7) is 17.2. The van der Waals surface area contributed by atoms with Crippen LogP contribution in [0.3, 0.4) is 0 Å². The molecule has 10 nitrogen and oxygen atoms in total. The normalized spacial score (nSPS) is 14.5. The van der Waals surface area contributed by atoms with Gasteiger partial charge in [0.15, 0.2) is 6.29 Å². The van der Waals surface area contributed by atoms with Crippen LogP contribution in [0.1, 0.15) is 77.0 Å². The van der Waals surface area contributed by atoms with Gasteiger partial charge in [0.05, 0.1) is 6.61 Å². The lowest BCUT2D eigenvalue weighted by Crippen LogP contribution is -2.42. The molecule has 1 fully saturated rings. The summed E-state index contributed by atoms with van der Waals surface area (Å²) < 4.78 is 10.5. The number of carbonyl (C=O) groups excluding carboxylic acids is 2. The van der Waals surface area contributed by atoms with E-state index in [2.05, 4.69) is 98.6 Å². The number of hydrogen-bond acceptors (Lipinski definition) is 10. The number of rotatable bonds is 18. The third kappa shape index (κ3) is 14.7. The summed E-state index contributed by atoms with van der Waals surface area (Å²) in [6, 6.07) is 22.4. The van der Waals surface area contributed by atoms with E-state index < -0.39 is 0 Å². The molecule has 0 amide bonds. The maximum Gasteiger partial charge on any atom is 0.157 e. The molecule has 1 aliphatic heterocycles. The number of aldehydes is 2. The number of ether oxygens (including phenoxy) is 2. The number of nitrogens with one attached hydrogen (secondary N) is 2. The average Bonchev–Trinajstić information content (AvgIpc) is 3.17. The van der Waals surface area contributed by atoms with Crippen molar-refractivity contribution in [2.24, 2.45) is 5.41 Å². The second-order valence-electron chi connectivity index (χ2n) is 15.0. The highest BCUT2D eigenvalue weighted by molar-refractivity contribution is 5.69. The van der Waals surface area contributed by atoms with E-state index in [4.69, 9.17) is 9.47 Å². The molecule has 0 radical (unpaired) electrons. The highest BCUT2D eigenvalue weighted by Gasteiger charge is 2.38. The Kier molecular flexibility index (Phi) is 20.9. The van der Waals surface area contributed by atoms with Gasteiger partial charge in [-0.15, -0.1) is 0 Å². The maximum atomic E-state index is 10.6. The average molecular weight is 749 g/mol. The number of likely N-dealkylation sites (N-methyl/N-ethyl adjacent to an activating group) is 1. The van der Waals surface area contributed by atoms with E-state index in [0.717, 1.165) is 82.4 Å². The minimum Gasteiger partial charge on any atom is -0.508 e. The van der Waals surface area contributed by atoms with Crippen molar-refractivity contribution >= 4 is 18.3 Å². The van der Waals surface area contributed by atoms with E-state index in [0.29, 0.717) is 42.5 Å². The first kappa shape index (κ1) is 46.2. The van der Waals surface area contributed by atoms with Crippen molar-refractivity contribution in [3.8, 4) is 17.2 Å². The van der Waals surface area contributed by atoms with Crippen molar-refractivity contribution in [3.05, 3.63) is 83.4 Å². The lowest BCUT2D eigenvalue weighted by Gasteiger charge is -2.42. The zero-order valence-electron chi connectivity index (χ0n) is 34.2. The van der Waals surface area contributed by atoms with Gasteiger partial charge in [0.1, 0.15) is 35.8 Å². The van der Waals surface area contributed by atoms with Crippen LogP contribution < -0.4 is 15.4 Å². The van der Waals surface area contributed by atoms with Gasteiger partial charge in [-0.2, -0.15) is 0 Å². The minimum atomic E-state index is -0.0564. The largest absolute Gasteiger partial charge is 0.508 e. The van der Waals surface area contributed by atoms with E-state index in [1.807, 2.05) is 25.1 Å². The topological polar surface area (TPSA) is 124 Å². The third-order valence-electron chi connectivity index (χ3n) is 10.2. The van der Waals surface area contributed by atoms with Crippen molar-refractivity contribution in [1.29, 1.82) is 0 Å². The molecule has 1 atom stereocenters. The fourth-order valence-corrected chi connectivity index (χ4v) is 6.52. The molecule has 4 N–H and O–H groups in total. The van der Waals surface area contributed by atoms with Crippen molar-refractivity contribution in [3.63, 3.8) is 0 Å². The Bertz CT molecular complexity index is 1490. The monoisotopic (exact) mass is 749 g/mol. The molecule has 3 aromatic rings. The fraction of sp³-hybridized carbons (Fsp3) is 0.545. The Hall–Kier alpha value is -3.96. The standard InChI is InChI=1S/C20H35N3O3.C18H21NO.C6H12O2/c1-15(20(2,3)4)23(6)12-11-22-10-9-16-7-8-17(25)18(21-5)19(16)26-14-13-24;1-19-13-11-18(12-14-19,15-7-3-2-4-8-15)16-9-5-6-10-17(16)20;1-2-5-8-6-3-4-7/h7-8,13,15,21-22,25H,9-12,14H2,1-6H3;2-10,20H,11-14H2,1H3;4H,2-3,5-6H2,1H3. The van der Waals surface area contributed by atoms with Gasteiger partial charge in [-0.05, 0) is 95.0 Å². The summed E-state index contributed by atoms with van der Waals surface area (Å²) in [5.74, 6) is 1.07. The Labute approximate surface area is 325 Å². The summed E-state index contributed by atoms with van der Waals surface area (Å²) in [5.41, 5.74) is 4.06. The number of para-hydroxylation sites is 1. The van der Waals surface area contributed by atoms with Gasteiger partial charge in [-0.25, -0.2) is 0 Å². The smallest absolute Gasteiger partial charge is 0.157 e. The van der Waals surface area contributed by atoms with Gasteiger partial charge < -0.3 is 44.9 Å². The molecule has 0 saturated carbocycles. The van der Waals surface area contributed by atoms with E-state index >= 15 is 0 Å². The lowest BCUT2D eigenvalue weighted by molar-refractivity contribution is -0.110. The van der Waals surface area contributed by atoms with Gasteiger partial charge in [0, 0.05) is 50.2 Å². The SMILES string of the molecule is CCCOCCC=O.CN1CCC(c2ccccc2)(c2ccccc2O)CC1.CNc1c(O)ccc(CCNCCN(C)C(C)C(C)(C)C)c1OCC=O. The quantitative estimate of drug-likeness (QED) is 0.0620. The van der Waals surface area contributed by atoms with Crippen molar-refractivity contribution in [2.45, 2.75) is 78.2 Å². The molecular weight excluding hydrogens is 681 g/mol. The first-order chi connectivity index (χ1) is 25.9. The van der Waals surface area contributed by atoms with Gasteiger partial charge in [-0.3, -0.25) is 4.79 Å². The highest BCUT2D eigenvalue weighted by Crippen LogP contribution is 2.44. The van der Waals surface area contributed by atoms with Crippen LogP contribution in [-0.4, -0.2) is 112 Å². The number of likely N-dealkylation sites (tertiary alicyclic amines) is 1. The first-order valence-corrected chi connectivity index (χ1v) is 19.4. The number of hydrogen-bond donors (Lipinski definition) is 4. The number of phenols is 2. The lowest BCUT2D eigenvalue weighted by atomic mass is 9.68. The predicted octanol–water partition coefficient (Wildman–Crippen LogP) is 6.92. The van der Waals surface area contributed by atoms with E-state index in [1.165, 1.54) is 5.56 Å². The van der Waals surface area contributed by atoms with Gasteiger partial charge in [0.25, 0.3) is 0 Å². The molecule has 1 aliphatic rings. The van der Waals surface area contributed by atoms with E-state index in [1.54, 1.807) is 19.2 Å². The van der Waals surface area contributed by atoms with Crippen molar-refractivity contribution < 1.29 is 29.3 Å². The minimum absolute atomic E-state index is 0.0337. The van der Waals surface area contributed by atoms with Crippen LogP contribution in [0.2, 0.25) is 0 Å². The molecule has 3 aromatic carbocycles. The van der Waals surface area contributed by atoms with Crippen molar-refractivity contribution in [1.82, 2.24) is 15.1 Å². The van der Waals surface area contributed by atoms with Crippen LogP contribution in [0, 0.1) is 5.41 Å². The summed E-state index contributed by atoms with van der Waals surface area (Å²) in [5, 5.41) is 26.7. The molecule has 0 aliphatic carbocycles. The molecule has 54 heavy (non-hydrogen) atoms. The number of piperidine rings is 1. The van der Waals surface area contributed by atoms with E-state index in [-0.39, 0.29) is 23.2 Å². The maximum absolute atomic E-state index is 10.6.